The Morgan fingerprint density at radius 1 is 0.805 bits per heavy atom. The first kappa shape index (κ1) is 31.4. The molecule has 41 heavy (non-hydrogen) atoms. The molecule has 7 N–H and O–H groups in total. The standard InChI is InChI=1S/C30H36N4O6S/c31-15-4-3-10-24(28(37)34-26(18-41)30(39)40)33-29(38)25(16-19-11-13-22(35)14-12-19)32-27(36)17-21-8-5-7-20-6-1-2-9-23(20)21/h1-2,5-9,11-14,24-26,35,41H,3-4,10,15-18,31H2,(H,32,36)(H,33,38)(H,34,37)(H,39,40)/t24-,25?,26?/m0/s1. The van der Waals surface area contributed by atoms with Gasteiger partial charge in [0.15, 0.2) is 0 Å². The lowest BCUT2D eigenvalue weighted by atomic mass is 10.0. The SMILES string of the molecule is NCCCC[C@H](NC(=O)C(Cc1ccc(O)cc1)NC(=O)Cc1cccc2ccccc12)C(=O)NC(CS)C(=O)O. The third-order valence-corrected chi connectivity index (χ3v) is 7.00. The molecule has 3 atom stereocenters. The van der Waals surface area contributed by atoms with E-state index < -0.39 is 35.9 Å². The van der Waals surface area contributed by atoms with Crippen LogP contribution in [0.5, 0.6) is 5.75 Å². The van der Waals surface area contributed by atoms with E-state index in [1.165, 1.54) is 12.1 Å². The molecular formula is C30H36N4O6S. The average Bonchev–Trinajstić information content (AvgIpc) is 2.96. The van der Waals surface area contributed by atoms with Crippen LogP contribution in [0.3, 0.4) is 0 Å². The van der Waals surface area contributed by atoms with Crippen LogP contribution >= 0.6 is 12.6 Å². The van der Waals surface area contributed by atoms with Gasteiger partial charge in [-0.2, -0.15) is 12.6 Å². The Balaban J connectivity index is 1.81. The van der Waals surface area contributed by atoms with Gasteiger partial charge in [0.2, 0.25) is 17.7 Å². The molecule has 0 bridgehead atoms. The number of unbranched alkanes of at least 4 members (excludes halogenated alkanes) is 1. The van der Waals surface area contributed by atoms with Crippen molar-refractivity contribution in [1.82, 2.24) is 16.0 Å². The molecule has 0 spiro atoms. The monoisotopic (exact) mass is 580 g/mol. The fraction of sp³-hybridized carbons (Fsp3) is 0.333. The van der Waals surface area contributed by atoms with Crippen LogP contribution in [-0.4, -0.2) is 64.3 Å². The third-order valence-electron chi connectivity index (χ3n) is 6.64. The number of nitrogens with two attached hydrogens (primary N) is 1. The van der Waals surface area contributed by atoms with Gasteiger partial charge in [-0.05, 0) is 59.8 Å². The maximum Gasteiger partial charge on any atom is 0.327 e. The van der Waals surface area contributed by atoms with E-state index in [0.29, 0.717) is 24.9 Å². The quantitative estimate of drug-likeness (QED) is 0.106. The molecule has 2 unspecified atom stereocenters. The lowest BCUT2D eigenvalue weighted by Crippen LogP contribution is -2.56. The molecule has 218 valence electrons. The third kappa shape index (κ3) is 9.51. The van der Waals surface area contributed by atoms with E-state index >= 15 is 0 Å². The molecule has 0 aromatic heterocycles. The minimum absolute atomic E-state index is 0.0311. The molecule has 0 aliphatic heterocycles. The number of rotatable bonds is 15. The molecule has 10 nitrogen and oxygen atoms in total. The van der Waals surface area contributed by atoms with Crippen LogP contribution in [0.15, 0.2) is 66.7 Å². The number of phenols is 1. The predicted molar refractivity (Wildman–Crippen MR) is 160 cm³/mol. The van der Waals surface area contributed by atoms with E-state index in [1.807, 2.05) is 42.5 Å². The molecular weight excluding hydrogens is 544 g/mol. The lowest BCUT2D eigenvalue weighted by Gasteiger charge is -2.24. The summed E-state index contributed by atoms with van der Waals surface area (Å²) in [5, 5.41) is 28.8. The number of carboxylic acids is 1. The van der Waals surface area contributed by atoms with Gasteiger partial charge in [-0.25, -0.2) is 4.79 Å². The summed E-state index contributed by atoms with van der Waals surface area (Å²) in [6, 6.07) is 16.3. The van der Waals surface area contributed by atoms with Crippen molar-refractivity contribution in [3.8, 4) is 5.75 Å². The van der Waals surface area contributed by atoms with Crippen LogP contribution in [-0.2, 0) is 32.0 Å². The van der Waals surface area contributed by atoms with E-state index in [0.717, 1.165) is 16.3 Å². The highest BCUT2D eigenvalue weighted by molar-refractivity contribution is 7.80. The molecule has 0 aliphatic rings. The minimum Gasteiger partial charge on any atom is -0.508 e. The number of carbonyl (C=O) groups excluding carboxylic acids is 3. The lowest BCUT2D eigenvalue weighted by molar-refractivity contribution is -0.141. The summed E-state index contributed by atoms with van der Waals surface area (Å²) >= 11 is 3.99. The second-order valence-electron chi connectivity index (χ2n) is 9.73. The van der Waals surface area contributed by atoms with Crippen molar-refractivity contribution in [2.75, 3.05) is 12.3 Å². The zero-order valence-electron chi connectivity index (χ0n) is 22.6. The van der Waals surface area contributed by atoms with Crippen molar-refractivity contribution in [2.45, 2.75) is 50.2 Å². The fourth-order valence-corrected chi connectivity index (χ4v) is 4.68. The van der Waals surface area contributed by atoms with Crippen LogP contribution in [0.2, 0.25) is 0 Å². The molecule has 0 heterocycles. The maximum atomic E-state index is 13.5. The fourth-order valence-electron chi connectivity index (χ4n) is 4.43. The van der Waals surface area contributed by atoms with Crippen LogP contribution in [0.1, 0.15) is 30.4 Å². The molecule has 3 rings (SSSR count). The number of amides is 3. The van der Waals surface area contributed by atoms with Crippen molar-refractivity contribution in [1.29, 1.82) is 0 Å². The number of aliphatic carboxylic acids is 1. The number of nitrogens with one attached hydrogen (secondary N) is 3. The summed E-state index contributed by atoms with van der Waals surface area (Å²) in [4.78, 5) is 51.2. The van der Waals surface area contributed by atoms with Gasteiger partial charge >= 0.3 is 5.97 Å². The molecule has 0 aliphatic carbocycles. The number of phenolic OH excluding ortho intramolecular Hbond substituents is 1. The van der Waals surface area contributed by atoms with Crippen molar-refractivity contribution >= 4 is 47.1 Å². The Labute approximate surface area is 244 Å². The van der Waals surface area contributed by atoms with Gasteiger partial charge in [0, 0.05) is 12.2 Å². The highest BCUT2D eigenvalue weighted by atomic mass is 32.1. The van der Waals surface area contributed by atoms with Crippen LogP contribution in [0.25, 0.3) is 10.8 Å². The van der Waals surface area contributed by atoms with Gasteiger partial charge in [-0.3, -0.25) is 14.4 Å². The van der Waals surface area contributed by atoms with Gasteiger partial charge in [-0.15, -0.1) is 0 Å². The number of hydrogen-bond acceptors (Lipinski definition) is 7. The molecule has 11 heteroatoms. The molecule has 0 fully saturated rings. The second kappa shape index (κ2) is 15.6. The first-order chi connectivity index (χ1) is 19.7. The average molecular weight is 581 g/mol. The summed E-state index contributed by atoms with van der Waals surface area (Å²) in [6.07, 6.45) is 1.47. The minimum atomic E-state index is -1.24. The molecule has 0 saturated heterocycles. The number of fused-ring (bicyclic) bond motifs is 1. The summed E-state index contributed by atoms with van der Waals surface area (Å²) in [6.45, 7) is 0.393. The Morgan fingerprint density at radius 2 is 1.46 bits per heavy atom. The van der Waals surface area contributed by atoms with Crippen LogP contribution in [0, 0.1) is 0 Å². The second-order valence-corrected chi connectivity index (χ2v) is 10.1. The van der Waals surface area contributed by atoms with Gasteiger partial charge in [0.25, 0.3) is 0 Å². The topological polar surface area (TPSA) is 171 Å². The summed E-state index contributed by atoms with van der Waals surface area (Å²) in [5.41, 5.74) is 7.07. The van der Waals surface area contributed by atoms with Crippen molar-refractivity contribution in [3.63, 3.8) is 0 Å². The highest BCUT2D eigenvalue weighted by Crippen LogP contribution is 2.19. The van der Waals surface area contributed by atoms with E-state index in [2.05, 4.69) is 28.6 Å². The Kier molecular flexibility index (Phi) is 12.0. The number of thiol groups is 1. The van der Waals surface area contributed by atoms with E-state index in [1.54, 1.807) is 12.1 Å². The summed E-state index contributed by atoms with van der Waals surface area (Å²) in [5.74, 6) is -2.96. The maximum absolute atomic E-state index is 13.5. The van der Waals surface area contributed by atoms with Crippen molar-refractivity contribution in [2.24, 2.45) is 5.73 Å². The van der Waals surface area contributed by atoms with Gasteiger partial charge in [0.05, 0.1) is 6.42 Å². The van der Waals surface area contributed by atoms with Crippen LogP contribution < -0.4 is 21.7 Å². The molecule has 0 radical (unpaired) electrons. The predicted octanol–water partition coefficient (Wildman–Crippen LogP) is 1.93. The van der Waals surface area contributed by atoms with E-state index in [4.69, 9.17) is 5.73 Å². The number of hydrogen-bond donors (Lipinski definition) is 7. The van der Waals surface area contributed by atoms with Gasteiger partial charge in [0.1, 0.15) is 23.9 Å². The Morgan fingerprint density at radius 3 is 2.15 bits per heavy atom. The van der Waals surface area contributed by atoms with E-state index in [9.17, 15) is 29.4 Å². The van der Waals surface area contributed by atoms with Crippen LogP contribution in [0.4, 0.5) is 0 Å². The highest BCUT2D eigenvalue weighted by Gasteiger charge is 2.29. The number of benzene rings is 3. The van der Waals surface area contributed by atoms with E-state index in [-0.39, 0.29) is 36.7 Å². The zero-order valence-corrected chi connectivity index (χ0v) is 23.5. The summed E-state index contributed by atoms with van der Waals surface area (Å²) in [7, 11) is 0. The molecule has 3 amide bonds. The van der Waals surface area contributed by atoms with Gasteiger partial charge in [-0.1, -0.05) is 54.6 Å². The van der Waals surface area contributed by atoms with Crippen molar-refractivity contribution in [3.05, 3.63) is 77.9 Å². The molecule has 3 aromatic carbocycles. The number of carboxylic acid groups (broad SMARTS) is 1. The first-order valence-electron chi connectivity index (χ1n) is 13.4. The molecule has 3 aromatic rings. The van der Waals surface area contributed by atoms with Crippen molar-refractivity contribution < 1.29 is 29.4 Å². The largest absolute Gasteiger partial charge is 0.508 e. The molecule has 0 saturated carbocycles. The zero-order chi connectivity index (χ0) is 29.8. The Hall–Kier alpha value is -4.09. The Bertz CT molecular complexity index is 1350. The number of carbonyl (C=O) groups is 4. The normalized spacial score (nSPS) is 13.1. The smallest absolute Gasteiger partial charge is 0.327 e. The number of aromatic hydroxyl groups is 1. The first-order valence-corrected chi connectivity index (χ1v) is 14.0. The van der Waals surface area contributed by atoms with Gasteiger partial charge < -0.3 is 31.9 Å². The summed E-state index contributed by atoms with van der Waals surface area (Å²) < 4.78 is 0.